The minimum atomic E-state index is 0.715. The first kappa shape index (κ1) is 16.0. The fourth-order valence-electron chi connectivity index (χ4n) is 2.82. The molecule has 1 aliphatic rings. The standard InChI is InChI=1S/C15H27BrN4/c1-5-12(3)20-9-7-19(8-10-20)11-14-15(16)13(6-2)17-18(14)4/h12H,5-11H2,1-4H3. The summed E-state index contributed by atoms with van der Waals surface area (Å²) in [6.45, 7) is 12.4. The fourth-order valence-corrected chi connectivity index (χ4v) is 3.57. The van der Waals surface area contributed by atoms with Crippen molar-refractivity contribution in [2.24, 2.45) is 7.05 Å². The van der Waals surface area contributed by atoms with Crippen molar-refractivity contribution < 1.29 is 0 Å². The van der Waals surface area contributed by atoms with E-state index >= 15 is 0 Å². The monoisotopic (exact) mass is 342 g/mol. The van der Waals surface area contributed by atoms with Crippen LogP contribution in [0.3, 0.4) is 0 Å². The second-order valence-corrected chi connectivity index (χ2v) is 6.55. The van der Waals surface area contributed by atoms with Gasteiger partial charge in [0.05, 0.1) is 15.9 Å². The molecule has 0 amide bonds. The number of halogens is 1. The van der Waals surface area contributed by atoms with Crippen molar-refractivity contribution in [3.8, 4) is 0 Å². The number of aryl methyl sites for hydroxylation is 2. The van der Waals surface area contributed by atoms with Gasteiger partial charge in [0.1, 0.15) is 0 Å². The molecule has 4 nitrogen and oxygen atoms in total. The van der Waals surface area contributed by atoms with E-state index in [-0.39, 0.29) is 0 Å². The first-order valence-electron chi connectivity index (χ1n) is 7.73. The van der Waals surface area contributed by atoms with E-state index in [1.54, 1.807) is 0 Å². The SMILES string of the molecule is CCc1nn(C)c(CN2CCN(C(C)CC)CC2)c1Br. The zero-order valence-corrected chi connectivity index (χ0v) is 14.8. The van der Waals surface area contributed by atoms with E-state index in [2.05, 4.69) is 58.6 Å². The minimum absolute atomic E-state index is 0.715. The van der Waals surface area contributed by atoms with E-state index in [9.17, 15) is 0 Å². The van der Waals surface area contributed by atoms with Gasteiger partial charge < -0.3 is 0 Å². The summed E-state index contributed by atoms with van der Waals surface area (Å²) < 4.78 is 3.23. The van der Waals surface area contributed by atoms with Crippen molar-refractivity contribution in [1.29, 1.82) is 0 Å². The van der Waals surface area contributed by atoms with E-state index in [1.165, 1.54) is 35.4 Å². The Hall–Kier alpha value is -0.390. The van der Waals surface area contributed by atoms with Crippen molar-refractivity contribution in [2.75, 3.05) is 26.2 Å². The quantitative estimate of drug-likeness (QED) is 0.822. The van der Waals surface area contributed by atoms with Gasteiger partial charge in [-0.2, -0.15) is 5.10 Å². The van der Waals surface area contributed by atoms with Gasteiger partial charge in [0, 0.05) is 45.8 Å². The summed E-state index contributed by atoms with van der Waals surface area (Å²) in [6, 6.07) is 0.715. The van der Waals surface area contributed by atoms with Gasteiger partial charge in [0.2, 0.25) is 0 Å². The van der Waals surface area contributed by atoms with Crippen LogP contribution in [0.5, 0.6) is 0 Å². The molecule has 0 spiro atoms. The number of rotatable bonds is 5. The van der Waals surface area contributed by atoms with Crippen LogP contribution in [0.2, 0.25) is 0 Å². The molecule has 2 rings (SSSR count). The third-order valence-electron chi connectivity index (χ3n) is 4.50. The maximum absolute atomic E-state index is 4.58. The second kappa shape index (κ2) is 7.05. The Balaban J connectivity index is 1.94. The Bertz CT molecular complexity index is 435. The third kappa shape index (κ3) is 3.43. The predicted molar refractivity (Wildman–Crippen MR) is 86.9 cm³/mol. The largest absolute Gasteiger partial charge is 0.298 e. The van der Waals surface area contributed by atoms with E-state index in [1.807, 2.05) is 4.68 Å². The van der Waals surface area contributed by atoms with Crippen LogP contribution in [-0.2, 0) is 20.0 Å². The number of hydrogen-bond donors (Lipinski definition) is 0. The van der Waals surface area contributed by atoms with Gasteiger partial charge in [0.15, 0.2) is 0 Å². The van der Waals surface area contributed by atoms with Crippen molar-refractivity contribution >= 4 is 15.9 Å². The molecule has 0 saturated carbocycles. The van der Waals surface area contributed by atoms with Crippen LogP contribution in [0.4, 0.5) is 0 Å². The van der Waals surface area contributed by atoms with Crippen LogP contribution >= 0.6 is 15.9 Å². The van der Waals surface area contributed by atoms with E-state index in [0.717, 1.165) is 26.1 Å². The maximum atomic E-state index is 4.58. The molecule has 0 aliphatic carbocycles. The lowest BCUT2D eigenvalue weighted by atomic mass is 10.2. The van der Waals surface area contributed by atoms with Crippen molar-refractivity contribution in [3.05, 3.63) is 15.9 Å². The van der Waals surface area contributed by atoms with Crippen molar-refractivity contribution in [1.82, 2.24) is 19.6 Å². The molecule has 2 heterocycles. The summed E-state index contributed by atoms with van der Waals surface area (Å²) >= 11 is 3.71. The molecule has 20 heavy (non-hydrogen) atoms. The van der Waals surface area contributed by atoms with Gasteiger partial charge in [-0.1, -0.05) is 13.8 Å². The number of hydrogen-bond acceptors (Lipinski definition) is 3. The number of piperazine rings is 1. The van der Waals surface area contributed by atoms with E-state index < -0.39 is 0 Å². The van der Waals surface area contributed by atoms with Crippen LogP contribution in [0, 0.1) is 0 Å². The molecule has 0 radical (unpaired) electrons. The van der Waals surface area contributed by atoms with Crippen LogP contribution < -0.4 is 0 Å². The summed E-state index contributed by atoms with van der Waals surface area (Å²) in [7, 11) is 2.05. The number of nitrogens with zero attached hydrogens (tertiary/aromatic N) is 4. The molecule has 1 aromatic heterocycles. The minimum Gasteiger partial charge on any atom is -0.298 e. The Labute approximate surface area is 131 Å². The van der Waals surface area contributed by atoms with Gasteiger partial charge in [-0.3, -0.25) is 14.5 Å². The zero-order valence-electron chi connectivity index (χ0n) is 13.2. The third-order valence-corrected chi connectivity index (χ3v) is 5.41. The van der Waals surface area contributed by atoms with Gasteiger partial charge in [-0.15, -0.1) is 0 Å². The average Bonchev–Trinajstić information content (AvgIpc) is 2.74. The topological polar surface area (TPSA) is 24.3 Å². The van der Waals surface area contributed by atoms with Gasteiger partial charge in [-0.05, 0) is 35.7 Å². The van der Waals surface area contributed by atoms with Crippen LogP contribution in [0.1, 0.15) is 38.6 Å². The second-order valence-electron chi connectivity index (χ2n) is 5.75. The summed E-state index contributed by atoms with van der Waals surface area (Å²) in [5.41, 5.74) is 2.47. The summed E-state index contributed by atoms with van der Waals surface area (Å²) in [5, 5.41) is 4.58. The summed E-state index contributed by atoms with van der Waals surface area (Å²) in [5.74, 6) is 0. The van der Waals surface area contributed by atoms with Gasteiger partial charge >= 0.3 is 0 Å². The molecule has 1 atom stereocenters. The molecule has 0 bridgehead atoms. The molecule has 5 heteroatoms. The molecule has 1 aliphatic heterocycles. The fraction of sp³-hybridized carbons (Fsp3) is 0.800. The molecule has 1 saturated heterocycles. The smallest absolute Gasteiger partial charge is 0.0767 e. The van der Waals surface area contributed by atoms with Gasteiger partial charge in [0.25, 0.3) is 0 Å². The Morgan fingerprint density at radius 1 is 1.20 bits per heavy atom. The molecule has 1 unspecified atom stereocenters. The highest BCUT2D eigenvalue weighted by Gasteiger charge is 2.22. The lowest BCUT2D eigenvalue weighted by Gasteiger charge is -2.37. The highest BCUT2D eigenvalue weighted by Crippen LogP contribution is 2.23. The van der Waals surface area contributed by atoms with Crippen LogP contribution in [0.15, 0.2) is 4.47 Å². The lowest BCUT2D eigenvalue weighted by Crippen LogP contribution is -2.49. The predicted octanol–water partition coefficient (Wildman–Crippen LogP) is 2.66. The van der Waals surface area contributed by atoms with E-state index in [4.69, 9.17) is 0 Å². The van der Waals surface area contributed by atoms with Gasteiger partial charge in [-0.25, -0.2) is 0 Å². The molecular formula is C15H27BrN4. The highest BCUT2D eigenvalue weighted by atomic mass is 79.9. The van der Waals surface area contributed by atoms with E-state index in [0.29, 0.717) is 6.04 Å². The molecule has 0 aromatic carbocycles. The normalized spacial score (nSPS) is 19.4. The average molecular weight is 343 g/mol. The van der Waals surface area contributed by atoms with Crippen LogP contribution in [-0.4, -0.2) is 51.8 Å². The lowest BCUT2D eigenvalue weighted by molar-refractivity contribution is 0.0947. The summed E-state index contributed by atoms with van der Waals surface area (Å²) in [4.78, 5) is 5.15. The van der Waals surface area contributed by atoms with Crippen molar-refractivity contribution in [2.45, 2.75) is 46.2 Å². The molecular weight excluding hydrogens is 316 g/mol. The maximum Gasteiger partial charge on any atom is 0.0767 e. The highest BCUT2D eigenvalue weighted by molar-refractivity contribution is 9.10. The summed E-state index contributed by atoms with van der Waals surface area (Å²) in [6.07, 6.45) is 2.23. The molecule has 1 aromatic rings. The number of aromatic nitrogens is 2. The zero-order chi connectivity index (χ0) is 14.7. The Morgan fingerprint density at radius 2 is 1.85 bits per heavy atom. The molecule has 114 valence electrons. The Morgan fingerprint density at radius 3 is 2.35 bits per heavy atom. The first-order valence-corrected chi connectivity index (χ1v) is 8.52. The van der Waals surface area contributed by atoms with Crippen LogP contribution in [0.25, 0.3) is 0 Å². The van der Waals surface area contributed by atoms with Crippen molar-refractivity contribution in [3.63, 3.8) is 0 Å². The molecule has 1 fully saturated rings. The Kier molecular flexibility index (Phi) is 5.64. The first-order chi connectivity index (χ1) is 9.56. The molecule has 0 N–H and O–H groups in total.